The molecule has 2 aromatic carbocycles. The van der Waals surface area contributed by atoms with Crippen molar-refractivity contribution in [3.05, 3.63) is 53.1 Å². The molecular weight excluding hydrogens is 490 g/mol. The van der Waals surface area contributed by atoms with Crippen LogP contribution in [0, 0.1) is 0 Å². The van der Waals surface area contributed by atoms with Gasteiger partial charge >= 0.3 is 0 Å². The van der Waals surface area contributed by atoms with Gasteiger partial charge in [-0.1, -0.05) is 25.8 Å². The molecule has 0 radical (unpaired) electrons. The molecule has 9 nitrogen and oxygen atoms in total. The Balaban J connectivity index is 1.77. The maximum Gasteiger partial charge on any atom is 0.295 e. The Kier molecular flexibility index (Phi) is 9.12. The molecule has 204 valence electrons. The summed E-state index contributed by atoms with van der Waals surface area (Å²) < 4.78 is 28.2. The number of unbranched alkanes of at least 4 members (excludes halogenated alkanes) is 2. The zero-order valence-electron chi connectivity index (χ0n) is 22.2. The summed E-state index contributed by atoms with van der Waals surface area (Å²) in [5.41, 5.74) is 0.954. The number of rotatable bonds is 12. The third-order valence-electron chi connectivity index (χ3n) is 6.48. The molecule has 0 bridgehead atoms. The Morgan fingerprint density at radius 1 is 0.974 bits per heavy atom. The predicted molar refractivity (Wildman–Crippen MR) is 141 cm³/mol. The maximum atomic E-state index is 13.3. The number of aliphatic hydroxyl groups is 1. The minimum atomic E-state index is -0.841. The Labute approximate surface area is 222 Å². The fraction of sp³-hybridized carbons (Fsp3) is 0.448. The van der Waals surface area contributed by atoms with Gasteiger partial charge in [-0.3, -0.25) is 9.59 Å². The van der Waals surface area contributed by atoms with Crippen molar-refractivity contribution in [3.63, 3.8) is 0 Å². The van der Waals surface area contributed by atoms with E-state index in [2.05, 4.69) is 6.92 Å². The van der Waals surface area contributed by atoms with Crippen LogP contribution in [0.4, 0.5) is 0 Å². The fourth-order valence-electron chi connectivity index (χ4n) is 4.61. The van der Waals surface area contributed by atoms with Gasteiger partial charge in [-0.05, 0) is 49.2 Å². The number of ketones is 1. The third-order valence-corrected chi connectivity index (χ3v) is 6.48. The number of aliphatic hydroxyl groups excluding tert-OH is 1. The molecule has 2 aliphatic rings. The average molecular weight is 526 g/mol. The topological polar surface area (TPSA) is 104 Å². The van der Waals surface area contributed by atoms with Gasteiger partial charge in [-0.15, -0.1) is 0 Å². The highest BCUT2D eigenvalue weighted by Crippen LogP contribution is 2.43. The Hall–Kier alpha value is -3.72. The monoisotopic (exact) mass is 525 g/mol. The molecule has 2 aliphatic heterocycles. The van der Waals surface area contributed by atoms with E-state index in [4.69, 9.17) is 23.7 Å². The summed E-state index contributed by atoms with van der Waals surface area (Å²) in [7, 11) is 1.53. The molecule has 1 saturated heterocycles. The van der Waals surface area contributed by atoms with Gasteiger partial charge in [0.25, 0.3) is 11.7 Å². The van der Waals surface area contributed by atoms with Gasteiger partial charge in [0.1, 0.15) is 19.0 Å². The molecule has 38 heavy (non-hydrogen) atoms. The molecule has 1 N–H and O–H groups in total. The number of likely N-dealkylation sites (tertiary alicyclic amines) is 1. The zero-order valence-corrected chi connectivity index (χ0v) is 22.2. The van der Waals surface area contributed by atoms with Crippen LogP contribution in [0.15, 0.2) is 42.0 Å². The van der Waals surface area contributed by atoms with Crippen LogP contribution in [0.5, 0.6) is 23.0 Å². The van der Waals surface area contributed by atoms with Gasteiger partial charge < -0.3 is 33.7 Å². The van der Waals surface area contributed by atoms with E-state index >= 15 is 0 Å². The first-order chi connectivity index (χ1) is 18.5. The van der Waals surface area contributed by atoms with Crippen molar-refractivity contribution in [3.8, 4) is 23.0 Å². The van der Waals surface area contributed by atoms with Crippen LogP contribution in [-0.4, -0.2) is 68.4 Å². The first-order valence-electron chi connectivity index (χ1n) is 13.1. The number of carbonyl (C=O) groups excluding carboxylic acids is 2. The lowest BCUT2D eigenvalue weighted by Crippen LogP contribution is -2.32. The quantitative estimate of drug-likeness (QED) is 0.187. The Bertz CT molecular complexity index is 1190. The average Bonchev–Trinajstić information content (AvgIpc) is 3.19. The summed E-state index contributed by atoms with van der Waals surface area (Å²) in [5, 5.41) is 11.4. The van der Waals surface area contributed by atoms with E-state index < -0.39 is 17.7 Å². The van der Waals surface area contributed by atoms with Crippen LogP contribution >= 0.6 is 0 Å². The molecule has 0 saturated carbocycles. The summed E-state index contributed by atoms with van der Waals surface area (Å²) >= 11 is 0. The molecule has 0 unspecified atom stereocenters. The lowest BCUT2D eigenvalue weighted by atomic mass is 9.94. The van der Waals surface area contributed by atoms with Crippen molar-refractivity contribution in [2.75, 3.05) is 46.7 Å². The largest absolute Gasteiger partial charge is 0.507 e. The summed E-state index contributed by atoms with van der Waals surface area (Å²) in [4.78, 5) is 27.8. The highest BCUT2D eigenvalue weighted by Gasteiger charge is 2.46. The highest BCUT2D eigenvalue weighted by atomic mass is 16.6. The Morgan fingerprint density at radius 3 is 2.50 bits per heavy atom. The minimum absolute atomic E-state index is 0.0122. The molecule has 0 aromatic heterocycles. The number of nitrogens with zero attached hydrogens (tertiary/aromatic N) is 1. The van der Waals surface area contributed by atoms with Gasteiger partial charge in [0.05, 0.1) is 31.4 Å². The van der Waals surface area contributed by atoms with E-state index in [1.54, 1.807) is 36.4 Å². The summed E-state index contributed by atoms with van der Waals surface area (Å²) in [6.45, 7) is 6.19. The molecule has 4 rings (SSSR count). The summed E-state index contributed by atoms with van der Waals surface area (Å²) in [6.07, 6.45) is 3.08. The number of benzene rings is 2. The van der Waals surface area contributed by atoms with Gasteiger partial charge in [-0.25, -0.2) is 0 Å². The van der Waals surface area contributed by atoms with Crippen LogP contribution in [-0.2, 0) is 14.3 Å². The van der Waals surface area contributed by atoms with Crippen LogP contribution in [0.3, 0.4) is 0 Å². The number of fused-ring (bicyclic) bond motifs is 1. The summed E-state index contributed by atoms with van der Waals surface area (Å²) in [5.74, 6) is 0.364. The molecule has 9 heteroatoms. The lowest BCUT2D eigenvalue weighted by molar-refractivity contribution is -0.140. The number of ether oxygens (including phenoxy) is 5. The van der Waals surface area contributed by atoms with Crippen molar-refractivity contribution in [2.24, 2.45) is 0 Å². The Morgan fingerprint density at radius 2 is 1.76 bits per heavy atom. The number of hydrogen-bond acceptors (Lipinski definition) is 8. The molecule has 1 amide bonds. The first-order valence-corrected chi connectivity index (χ1v) is 13.1. The molecule has 2 heterocycles. The maximum absolute atomic E-state index is 13.3. The summed E-state index contributed by atoms with van der Waals surface area (Å²) in [6, 6.07) is 9.44. The van der Waals surface area contributed by atoms with E-state index in [0.717, 1.165) is 19.3 Å². The van der Waals surface area contributed by atoms with Gasteiger partial charge in [0.2, 0.25) is 0 Å². The van der Waals surface area contributed by atoms with E-state index in [1.165, 1.54) is 12.0 Å². The molecule has 1 fully saturated rings. The van der Waals surface area contributed by atoms with Crippen molar-refractivity contribution >= 4 is 17.4 Å². The van der Waals surface area contributed by atoms with E-state index in [9.17, 15) is 14.7 Å². The molecular formula is C29H35NO8. The first kappa shape index (κ1) is 27.3. The van der Waals surface area contributed by atoms with Crippen molar-refractivity contribution in [1.29, 1.82) is 0 Å². The smallest absolute Gasteiger partial charge is 0.295 e. The van der Waals surface area contributed by atoms with Crippen LogP contribution in [0.25, 0.3) is 5.76 Å². The second-order valence-corrected chi connectivity index (χ2v) is 9.04. The van der Waals surface area contributed by atoms with E-state index in [0.29, 0.717) is 60.6 Å². The lowest BCUT2D eigenvalue weighted by Gasteiger charge is -2.26. The second kappa shape index (κ2) is 12.7. The zero-order chi connectivity index (χ0) is 27.1. The number of hydrogen-bond donors (Lipinski definition) is 1. The number of Topliss-reactive ketones (excluding diaryl/α,β-unsaturated/α-hetero) is 1. The fourth-order valence-corrected chi connectivity index (χ4v) is 4.61. The van der Waals surface area contributed by atoms with Crippen LogP contribution in [0.1, 0.15) is 50.3 Å². The SMILES string of the molecule is CCCCCOc1ccc([C@@H]2/C(=C(\O)c3ccc4c(c3)OCCO4)C(=O)C(=O)N2CCOC)cc1OCC. The molecule has 0 spiro atoms. The second-order valence-electron chi connectivity index (χ2n) is 9.04. The third kappa shape index (κ3) is 5.72. The van der Waals surface area contributed by atoms with Crippen molar-refractivity contribution < 1.29 is 38.4 Å². The normalized spacial score (nSPS) is 18.1. The molecule has 1 atom stereocenters. The standard InChI is InChI=1S/C29H35NO8/c1-4-6-7-13-36-21-10-8-19(17-23(21)35-5-2)26-25(28(32)29(33)30(26)12-14-34-3)27(31)20-9-11-22-24(18-20)38-16-15-37-22/h8-11,17-18,26,31H,4-7,12-16H2,1-3H3/b27-25+/t26-/m1/s1. The number of amides is 1. The van der Waals surface area contributed by atoms with Crippen LogP contribution in [0.2, 0.25) is 0 Å². The molecule has 2 aromatic rings. The predicted octanol–water partition coefficient (Wildman–Crippen LogP) is 4.49. The van der Waals surface area contributed by atoms with E-state index in [-0.39, 0.29) is 24.5 Å². The number of methoxy groups -OCH3 is 1. The van der Waals surface area contributed by atoms with Gasteiger partial charge in [-0.2, -0.15) is 0 Å². The highest BCUT2D eigenvalue weighted by molar-refractivity contribution is 6.46. The van der Waals surface area contributed by atoms with E-state index in [1.807, 2.05) is 6.92 Å². The van der Waals surface area contributed by atoms with Gasteiger partial charge in [0, 0.05) is 19.2 Å². The van der Waals surface area contributed by atoms with Crippen molar-refractivity contribution in [2.45, 2.75) is 39.2 Å². The van der Waals surface area contributed by atoms with Gasteiger partial charge in [0.15, 0.2) is 23.0 Å². The van der Waals surface area contributed by atoms with Crippen molar-refractivity contribution in [1.82, 2.24) is 4.90 Å². The van der Waals surface area contributed by atoms with Crippen LogP contribution < -0.4 is 18.9 Å². The number of carbonyl (C=O) groups is 2. The minimum Gasteiger partial charge on any atom is -0.507 e. The molecule has 0 aliphatic carbocycles.